The van der Waals surface area contributed by atoms with Gasteiger partial charge in [-0.05, 0) is 48.4 Å². The highest BCUT2D eigenvalue weighted by molar-refractivity contribution is 5.57. The van der Waals surface area contributed by atoms with Crippen LogP contribution in [-0.4, -0.2) is 32.8 Å². The number of aromatic nitrogens is 4. The van der Waals surface area contributed by atoms with E-state index in [9.17, 15) is 9.18 Å². The van der Waals surface area contributed by atoms with E-state index in [0.29, 0.717) is 29.8 Å². The molecule has 0 saturated heterocycles. The van der Waals surface area contributed by atoms with Crippen LogP contribution in [0.2, 0.25) is 0 Å². The van der Waals surface area contributed by atoms with Gasteiger partial charge in [0.15, 0.2) is 0 Å². The van der Waals surface area contributed by atoms with Gasteiger partial charge in [-0.25, -0.2) is 9.37 Å². The van der Waals surface area contributed by atoms with Crippen LogP contribution in [-0.2, 0) is 12.0 Å². The average molecular weight is 445 g/mol. The predicted octanol–water partition coefficient (Wildman–Crippen LogP) is 2.24. The molecule has 33 heavy (non-hydrogen) atoms. The minimum absolute atomic E-state index is 0.143. The van der Waals surface area contributed by atoms with Crippen molar-refractivity contribution in [3.63, 3.8) is 0 Å². The first-order chi connectivity index (χ1) is 15.9. The Kier molecular flexibility index (Phi) is 5.00. The Hall–Kier alpha value is -3.94. The Bertz CT molecular complexity index is 1510. The van der Waals surface area contributed by atoms with Crippen LogP contribution in [0.5, 0.6) is 5.75 Å². The van der Waals surface area contributed by atoms with E-state index >= 15 is 0 Å². The van der Waals surface area contributed by atoms with Gasteiger partial charge < -0.3 is 14.3 Å². The third-order valence-corrected chi connectivity index (χ3v) is 6.11. The fraction of sp³-hybridized carbons (Fsp3) is 0.240. The van der Waals surface area contributed by atoms with Gasteiger partial charge >= 0.3 is 0 Å². The number of nitrogens with one attached hydrogen (secondary N) is 1. The summed E-state index contributed by atoms with van der Waals surface area (Å²) in [4.78, 5) is 25.2. The molecule has 5 rings (SSSR count). The van der Waals surface area contributed by atoms with Gasteiger partial charge in [-0.2, -0.15) is 0 Å². The van der Waals surface area contributed by atoms with Gasteiger partial charge in [0.1, 0.15) is 16.9 Å². The second-order valence-corrected chi connectivity index (χ2v) is 8.64. The summed E-state index contributed by atoms with van der Waals surface area (Å²) in [5.41, 5.74) is 3.56. The van der Waals surface area contributed by atoms with Gasteiger partial charge in [-0.15, -0.1) is 0 Å². The summed E-state index contributed by atoms with van der Waals surface area (Å²) in [6.45, 7) is 4.93. The molecule has 1 unspecified atom stereocenters. The highest BCUT2D eigenvalue weighted by Gasteiger charge is 2.31. The summed E-state index contributed by atoms with van der Waals surface area (Å²) in [6, 6.07) is 12.1. The number of rotatable bonds is 4. The fourth-order valence-electron chi connectivity index (χ4n) is 4.25. The van der Waals surface area contributed by atoms with Crippen LogP contribution >= 0.6 is 0 Å². The van der Waals surface area contributed by atoms with Crippen molar-refractivity contribution in [2.75, 3.05) is 13.7 Å². The van der Waals surface area contributed by atoms with Gasteiger partial charge in [-0.3, -0.25) is 14.4 Å². The van der Waals surface area contributed by atoms with E-state index in [1.54, 1.807) is 36.2 Å². The van der Waals surface area contributed by atoms with Crippen molar-refractivity contribution in [2.24, 2.45) is 4.99 Å². The molecule has 4 aromatic rings. The number of fused-ring (bicyclic) bond motifs is 1. The van der Waals surface area contributed by atoms with Crippen LogP contribution in [0.4, 0.5) is 4.39 Å². The number of hydrogen-bond donors (Lipinski definition) is 1. The van der Waals surface area contributed by atoms with Gasteiger partial charge in [0.05, 0.1) is 31.4 Å². The standard InChI is InChI=1S/C25H24FN5O2/c1-16-12-30(15-28-16)21-9-4-17(11-22(21)33-3)10-20-23(32)31-14-25(2,13-27-24(31)29-20)18-5-7-19(26)8-6-18/h4-12,15H,13-14H2,1-3H3,(H,27,29)/b20-10-. The molecule has 3 heterocycles. The molecule has 0 aliphatic carbocycles. The van der Waals surface area contributed by atoms with Crippen molar-refractivity contribution in [3.8, 4) is 11.4 Å². The molecule has 2 aromatic carbocycles. The molecular weight excluding hydrogens is 421 g/mol. The monoisotopic (exact) mass is 445 g/mol. The zero-order valence-corrected chi connectivity index (χ0v) is 18.7. The van der Waals surface area contributed by atoms with E-state index in [2.05, 4.69) is 15.0 Å². The molecule has 7 nitrogen and oxygen atoms in total. The number of imidazole rings is 2. The Labute approximate surface area is 189 Å². The van der Waals surface area contributed by atoms with Gasteiger partial charge in [-0.1, -0.05) is 25.1 Å². The molecule has 0 amide bonds. The number of aryl methyl sites for hydroxylation is 1. The number of benzene rings is 2. The zero-order valence-electron chi connectivity index (χ0n) is 18.7. The number of ether oxygens (including phenoxy) is 1. The number of hydrogen-bond acceptors (Lipinski definition) is 4. The largest absolute Gasteiger partial charge is 0.495 e. The molecule has 1 N–H and O–H groups in total. The van der Waals surface area contributed by atoms with E-state index in [1.165, 1.54) is 12.1 Å². The SMILES string of the molecule is COc1cc(/C=c2\[nH]c3n(c2=O)CC(C)(c2ccc(F)cc2)CN=3)ccc1-n1cnc(C)c1. The summed E-state index contributed by atoms with van der Waals surface area (Å²) >= 11 is 0. The zero-order chi connectivity index (χ0) is 23.2. The second kappa shape index (κ2) is 7.88. The number of aromatic amines is 1. The Morgan fingerprint density at radius 3 is 2.70 bits per heavy atom. The maximum absolute atomic E-state index is 13.4. The first-order valence-corrected chi connectivity index (χ1v) is 10.7. The number of methoxy groups -OCH3 is 1. The summed E-state index contributed by atoms with van der Waals surface area (Å²) < 4.78 is 22.5. The predicted molar refractivity (Wildman–Crippen MR) is 123 cm³/mol. The van der Waals surface area contributed by atoms with Crippen LogP contribution in [0.3, 0.4) is 0 Å². The number of nitrogens with zero attached hydrogens (tertiary/aromatic N) is 4. The van der Waals surface area contributed by atoms with Crippen molar-refractivity contribution in [2.45, 2.75) is 25.8 Å². The minimum atomic E-state index is -0.391. The lowest BCUT2D eigenvalue weighted by Crippen LogP contribution is -2.45. The summed E-state index contributed by atoms with van der Waals surface area (Å²) in [6.07, 6.45) is 5.46. The highest BCUT2D eigenvalue weighted by Crippen LogP contribution is 2.27. The molecule has 8 heteroatoms. The Morgan fingerprint density at radius 2 is 2.00 bits per heavy atom. The lowest BCUT2D eigenvalue weighted by atomic mass is 9.82. The second-order valence-electron chi connectivity index (χ2n) is 8.64. The summed E-state index contributed by atoms with van der Waals surface area (Å²) in [5.74, 6) is 0.391. The van der Waals surface area contributed by atoms with E-state index in [-0.39, 0.29) is 11.4 Å². The van der Waals surface area contributed by atoms with Gasteiger partial charge in [0, 0.05) is 18.2 Å². The van der Waals surface area contributed by atoms with E-state index in [0.717, 1.165) is 22.5 Å². The summed E-state index contributed by atoms with van der Waals surface area (Å²) in [5, 5.41) is 0.449. The summed E-state index contributed by atoms with van der Waals surface area (Å²) in [7, 11) is 1.61. The molecule has 168 valence electrons. The van der Waals surface area contributed by atoms with E-state index in [1.807, 2.05) is 42.8 Å². The molecular formula is C25H24FN5O2. The smallest absolute Gasteiger partial charge is 0.277 e. The first kappa shape index (κ1) is 20.9. The van der Waals surface area contributed by atoms with Crippen molar-refractivity contribution in [3.05, 3.63) is 98.9 Å². The van der Waals surface area contributed by atoms with Crippen molar-refractivity contribution in [1.82, 2.24) is 19.1 Å². The molecule has 0 saturated carbocycles. The van der Waals surface area contributed by atoms with Gasteiger partial charge in [0.25, 0.3) is 5.56 Å². The lowest BCUT2D eigenvalue weighted by Gasteiger charge is -2.31. The molecule has 0 radical (unpaired) electrons. The van der Waals surface area contributed by atoms with Crippen LogP contribution in [0.15, 0.2) is 64.8 Å². The minimum Gasteiger partial charge on any atom is -0.495 e. The van der Waals surface area contributed by atoms with Gasteiger partial charge in [0.2, 0.25) is 5.62 Å². The maximum atomic E-state index is 13.4. The molecule has 0 bridgehead atoms. The quantitative estimate of drug-likeness (QED) is 0.523. The van der Waals surface area contributed by atoms with Crippen LogP contribution < -0.4 is 21.3 Å². The number of H-pyrrole nitrogens is 1. The Morgan fingerprint density at radius 1 is 1.21 bits per heavy atom. The number of halogens is 1. The Balaban J connectivity index is 1.51. The maximum Gasteiger partial charge on any atom is 0.277 e. The molecule has 1 aliphatic rings. The highest BCUT2D eigenvalue weighted by atomic mass is 19.1. The van der Waals surface area contributed by atoms with E-state index < -0.39 is 5.41 Å². The van der Waals surface area contributed by atoms with Crippen molar-refractivity contribution >= 4 is 6.08 Å². The van der Waals surface area contributed by atoms with Crippen LogP contribution in [0, 0.1) is 12.7 Å². The first-order valence-electron chi connectivity index (χ1n) is 10.7. The lowest BCUT2D eigenvalue weighted by molar-refractivity contribution is 0.361. The van der Waals surface area contributed by atoms with Crippen LogP contribution in [0.25, 0.3) is 11.8 Å². The third-order valence-electron chi connectivity index (χ3n) is 6.11. The molecule has 0 fully saturated rings. The molecule has 2 aromatic heterocycles. The fourth-order valence-corrected chi connectivity index (χ4v) is 4.25. The molecule has 1 atom stereocenters. The molecule has 1 aliphatic heterocycles. The van der Waals surface area contributed by atoms with Crippen molar-refractivity contribution < 1.29 is 9.13 Å². The normalized spacial score (nSPS) is 18.1. The topological polar surface area (TPSA) is 77.2 Å². The van der Waals surface area contributed by atoms with Crippen LogP contribution in [0.1, 0.15) is 23.7 Å². The average Bonchev–Trinajstić information content (AvgIpc) is 3.37. The molecule has 0 spiro atoms. The van der Waals surface area contributed by atoms with Crippen molar-refractivity contribution in [1.29, 1.82) is 0 Å². The van der Waals surface area contributed by atoms with E-state index in [4.69, 9.17) is 4.74 Å². The third kappa shape index (κ3) is 3.77.